The van der Waals surface area contributed by atoms with Gasteiger partial charge in [-0.1, -0.05) is 58.0 Å². The molecule has 0 fully saturated rings. The summed E-state index contributed by atoms with van der Waals surface area (Å²) in [7, 11) is 0. The van der Waals surface area contributed by atoms with Gasteiger partial charge in [-0.3, -0.25) is 9.48 Å². The van der Waals surface area contributed by atoms with Gasteiger partial charge in [-0.25, -0.2) is 0 Å². The number of carbonyl (C=O) groups excluding carboxylic acids is 1. The highest BCUT2D eigenvalue weighted by Gasteiger charge is 2.35. The van der Waals surface area contributed by atoms with Crippen LogP contribution in [-0.2, 0) is 17.8 Å². The Balaban J connectivity index is 1.89. The highest BCUT2D eigenvalue weighted by atomic mass is 16.1. The molecule has 1 heterocycles. The molecule has 0 radical (unpaired) electrons. The minimum atomic E-state index is -0.00199. The van der Waals surface area contributed by atoms with Crippen LogP contribution in [0.25, 0.3) is 0 Å². The molecule has 1 atom stereocenters. The minimum Gasteiger partial charge on any atom is -0.349 e. The number of hydrogen-bond donors (Lipinski definition) is 1. The van der Waals surface area contributed by atoms with Crippen molar-refractivity contribution in [3.8, 4) is 0 Å². The monoisotopic (exact) mass is 325 g/mol. The van der Waals surface area contributed by atoms with E-state index in [-0.39, 0.29) is 23.3 Å². The molecule has 1 aliphatic rings. The first-order chi connectivity index (χ1) is 11.4. The average Bonchev–Trinajstić information content (AvgIpc) is 2.90. The summed E-state index contributed by atoms with van der Waals surface area (Å²) in [6.07, 6.45) is 3.89. The summed E-state index contributed by atoms with van der Waals surface area (Å²) < 4.78 is 2.10. The summed E-state index contributed by atoms with van der Waals surface area (Å²) >= 11 is 0. The van der Waals surface area contributed by atoms with E-state index in [9.17, 15) is 4.79 Å². The van der Waals surface area contributed by atoms with Gasteiger partial charge >= 0.3 is 0 Å². The average molecular weight is 325 g/mol. The predicted octanol–water partition coefficient (Wildman–Crippen LogP) is 3.72. The van der Waals surface area contributed by atoms with Crippen LogP contribution in [0.5, 0.6) is 0 Å². The molecule has 128 valence electrons. The zero-order chi connectivity index (χ0) is 17.3. The molecule has 0 bridgehead atoms. The van der Waals surface area contributed by atoms with Gasteiger partial charge in [0.2, 0.25) is 5.91 Å². The number of fused-ring (bicyclic) bond motifs is 1. The fourth-order valence-electron chi connectivity index (χ4n) is 3.46. The van der Waals surface area contributed by atoms with Gasteiger partial charge in [-0.2, -0.15) is 5.10 Å². The second-order valence-electron chi connectivity index (χ2n) is 7.95. The lowest BCUT2D eigenvalue weighted by molar-refractivity contribution is -0.125. The van der Waals surface area contributed by atoms with Crippen molar-refractivity contribution < 1.29 is 4.79 Å². The number of amides is 1. The Hall–Kier alpha value is -2.10. The highest BCUT2D eigenvalue weighted by molar-refractivity contribution is 5.78. The fourth-order valence-corrected chi connectivity index (χ4v) is 3.46. The van der Waals surface area contributed by atoms with Crippen molar-refractivity contribution in [3.63, 3.8) is 0 Å². The molecule has 0 spiro atoms. The van der Waals surface area contributed by atoms with Crippen molar-refractivity contribution in [1.29, 1.82) is 0 Å². The third kappa shape index (κ3) is 3.53. The van der Waals surface area contributed by atoms with Gasteiger partial charge in [0.1, 0.15) is 0 Å². The van der Waals surface area contributed by atoms with Crippen molar-refractivity contribution in [3.05, 3.63) is 53.3 Å². The van der Waals surface area contributed by atoms with E-state index in [1.54, 1.807) is 0 Å². The van der Waals surface area contributed by atoms with Gasteiger partial charge in [0, 0.05) is 17.2 Å². The normalized spacial score (nSPS) is 19.1. The van der Waals surface area contributed by atoms with Crippen LogP contribution in [-0.4, -0.2) is 15.7 Å². The summed E-state index contributed by atoms with van der Waals surface area (Å²) in [4.78, 5) is 12.2. The van der Waals surface area contributed by atoms with Crippen LogP contribution in [0.4, 0.5) is 0 Å². The van der Waals surface area contributed by atoms with Crippen LogP contribution in [0.1, 0.15) is 57.0 Å². The second-order valence-corrected chi connectivity index (χ2v) is 7.95. The topological polar surface area (TPSA) is 46.9 Å². The largest absolute Gasteiger partial charge is 0.349 e. The molecule has 3 rings (SSSR count). The summed E-state index contributed by atoms with van der Waals surface area (Å²) in [5.74, 6) is 0.109. The summed E-state index contributed by atoms with van der Waals surface area (Å²) in [6, 6.07) is 10.5. The van der Waals surface area contributed by atoms with Gasteiger partial charge < -0.3 is 5.32 Å². The molecular formula is C20H27N3O. The first-order valence-electron chi connectivity index (χ1n) is 8.74. The Morgan fingerprint density at radius 2 is 2.04 bits per heavy atom. The molecule has 24 heavy (non-hydrogen) atoms. The van der Waals surface area contributed by atoms with Gasteiger partial charge in [-0.15, -0.1) is 0 Å². The van der Waals surface area contributed by atoms with E-state index in [0.717, 1.165) is 19.4 Å². The van der Waals surface area contributed by atoms with Gasteiger partial charge in [0.05, 0.1) is 18.8 Å². The standard InChI is InChI=1S/C20H27N3O/c1-14(2)19(24)22-17-10-20(3,4)11-18-16(17)12-21-23(18)13-15-8-6-5-7-9-15/h5-9,12,14,17H,10-11,13H2,1-4H3,(H,22,24)/t17-/m0/s1. The third-order valence-corrected chi connectivity index (χ3v) is 4.78. The van der Waals surface area contributed by atoms with E-state index in [1.165, 1.54) is 16.8 Å². The van der Waals surface area contributed by atoms with Gasteiger partial charge in [0.15, 0.2) is 0 Å². The van der Waals surface area contributed by atoms with Crippen molar-refractivity contribution in [2.75, 3.05) is 0 Å². The maximum absolute atomic E-state index is 12.2. The van der Waals surface area contributed by atoms with Crippen molar-refractivity contribution in [1.82, 2.24) is 15.1 Å². The van der Waals surface area contributed by atoms with E-state index in [2.05, 4.69) is 53.2 Å². The smallest absolute Gasteiger partial charge is 0.223 e. The van der Waals surface area contributed by atoms with Gasteiger partial charge in [0.25, 0.3) is 0 Å². The molecule has 0 aliphatic heterocycles. The van der Waals surface area contributed by atoms with Crippen LogP contribution in [0.15, 0.2) is 36.5 Å². The minimum absolute atomic E-state index is 0.00199. The Kier molecular flexibility index (Phi) is 4.48. The van der Waals surface area contributed by atoms with E-state index >= 15 is 0 Å². The zero-order valence-corrected chi connectivity index (χ0v) is 15.0. The summed E-state index contributed by atoms with van der Waals surface area (Å²) in [6.45, 7) is 9.18. The van der Waals surface area contributed by atoms with Crippen LogP contribution in [0.3, 0.4) is 0 Å². The van der Waals surface area contributed by atoms with E-state index in [0.29, 0.717) is 0 Å². The first kappa shape index (κ1) is 16.7. The van der Waals surface area contributed by atoms with E-state index in [4.69, 9.17) is 0 Å². The Bertz CT molecular complexity index is 716. The number of hydrogen-bond acceptors (Lipinski definition) is 2. The van der Waals surface area contributed by atoms with Crippen LogP contribution in [0.2, 0.25) is 0 Å². The maximum atomic E-state index is 12.2. The SMILES string of the molecule is CC(C)C(=O)N[C@H]1CC(C)(C)Cc2c1cnn2Cc1ccccc1. The molecule has 1 aromatic heterocycles. The van der Waals surface area contributed by atoms with E-state index < -0.39 is 0 Å². The Morgan fingerprint density at radius 3 is 2.71 bits per heavy atom. The summed E-state index contributed by atoms with van der Waals surface area (Å²) in [5, 5.41) is 7.84. The lowest BCUT2D eigenvalue weighted by atomic mass is 9.74. The quantitative estimate of drug-likeness (QED) is 0.931. The van der Waals surface area contributed by atoms with Gasteiger partial charge in [-0.05, 0) is 23.8 Å². The molecule has 1 aliphatic carbocycles. The molecule has 1 amide bonds. The number of aromatic nitrogens is 2. The number of benzene rings is 1. The lowest BCUT2D eigenvalue weighted by Crippen LogP contribution is -2.38. The second kappa shape index (κ2) is 6.42. The van der Waals surface area contributed by atoms with Crippen LogP contribution >= 0.6 is 0 Å². The Morgan fingerprint density at radius 1 is 1.33 bits per heavy atom. The van der Waals surface area contributed by atoms with Crippen molar-refractivity contribution >= 4 is 5.91 Å². The third-order valence-electron chi connectivity index (χ3n) is 4.78. The maximum Gasteiger partial charge on any atom is 0.223 e. The fraction of sp³-hybridized carbons (Fsp3) is 0.500. The molecule has 1 aromatic carbocycles. The molecule has 1 N–H and O–H groups in total. The number of carbonyl (C=O) groups is 1. The highest BCUT2D eigenvalue weighted by Crippen LogP contribution is 2.40. The predicted molar refractivity (Wildman–Crippen MR) is 95.6 cm³/mol. The van der Waals surface area contributed by atoms with Crippen molar-refractivity contribution in [2.24, 2.45) is 11.3 Å². The Labute approximate surface area is 144 Å². The number of rotatable bonds is 4. The van der Waals surface area contributed by atoms with Crippen LogP contribution in [0, 0.1) is 11.3 Å². The lowest BCUT2D eigenvalue weighted by Gasteiger charge is -2.36. The van der Waals surface area contributed by atoms with Crippen LogP contribution < -0.4 is 5.32 Å². The first-order valence-corrected chi connectivity index (χ1v) is 8.74. The molecule has 4 heteroatoms. The molecule has 4 nitrogen and oxygen atoms in total. The molecule has 2 aromatic rings. The molecular weight excluding hydrogens is 298 g/mol. The molecule has 0 unspecified atom stereocenters. The summed E-state index contributed by atoms with van der Waals surface area (Å²) in [5.41, 5.74) is 3.83. The van der Waals surface area contributed by atoms with E-state index in [1.807, 2.05) is 26.1 Å². The number of nitrogens with zero attached hydrogens (tertiary/aromatic N) is 2. The number of nitrogens with one attached hydrogen (secondary N) is 1. The zero-order valence-electron chi connectivity index (χ0n) is 15.0. The van der Waals surface area contributed by atoms with Crippen molar-refractivity contribution in [2.45, 2.75) is 53.1 Å². The molecule has 0 saturated carbocycles. The molecule has 0 saturated heterocycles.